The van der Waals surface area contributed by atoms with E-state index in [0.29, 0.717) is 18.8 Å². The summed E-state index contributed by atoms with van der Waals surface area (Å²) in [5, 5.41) is 11.3. The van der Waals surface area contributed by atoms with E-state index < -0.39 is 41.4 Å². The minimum absolute atomic E-state index is 0.0477. The first-order chi connectivity index (χ1) is 19.0. The normalized spacial score (nSPS) is 42.4. The van der Waals surface area contributed by atoms with E-state index in [1.54, 1.807) is 27.9 Å². The predicted octanol–water partition coefficient (Wildman–Crippen LogP) is 2.27. The van der Waals surface area contributed by atoms with Crippen LogP contribution in [0.3, 0.4) is 0 Å². The number of ether oxygens (including phenoxy) is 4. The Balaban J connectivity index is 1.99. The Morgan fingerprint density at radius 1 is 1.07 bits per heavy atom. The number of hydrogen-bond acceptors (Lipinski definition) is 10. The number of aliphatic hydroxyl groups excluding tert-OH is 1. The third kappa shape index (κ3) is 7.69. The molecule has 238 valence electrons. The SMILES string of the molecule is CO[C@]1(C)C[C@@H](C)CN(C)[C@@H]([C@@H]2CCN(C)C2)COC(=O)C(C)(C)C(=O)[C@H](C)[C@H]1O[C@@H]1O[C@H](C)C[C@H](N(C)C)[C@H]1O. The molecule has 0 spiro atoms. The summed E-state index contributed by atoms with van der Waals surface area (Å²) in [6, 6.07) is -0.115. The van der Waals surface area contributed by atoms with Gasteiger partial charge in [0.25, 0.3) is 0 Å². The first-order valence-electron chi connectivity index (χ1n) is 15.3. The predicted molar refractivity (Wildman–Crippen MR) is 157 cm³/mol. The third-order valence-corrected chi connectivity index (χ3v) is 9.90. The number of nitrogens with zero attached hydrogens (tertiary/aromatic N) is 3. The molecule has 3 fully saturated rings. The van der Waals surface area contributed by atoms with Gasteiger partial charge in [-0.25, -0.2) is 0 Å². The zero-order valence-corrected chi connectivity index (χ0v) is 27.4. The number of carbonyl (C=O) groups excluding carboxylic acids is 2. The van der Waals surface area contributed by atoms with Crippen LogP contribution in [0.25, 0.3) is 0 Å². The zero-order valence-electron chi connectivity index (χ0n) is 27.4. The molecule has 0 radical (unpaired) electrons. The number of methoxy groups -OCH3 is 1. The van der Waals surface area contributed by atoms with Crippen molar-refractivity contribution in [1.82, 2.24) is 14.7 Å². The number of Topliss-reactive ketones (excluding diaryl/α,β-unsaturated/α-hetero) is 1. The molecule has 3 aliphatic rings. The van der Waals surface area contributed by atoms with Crippen LogP contribution in [0.4, 0.5) is 0 Å². The number of ketones is 1. The highest BCUT2D eigenvalue weighted by Crippen LogP contribution is 2.38. The topological polar surface area (TPSA) is 101 Å². The lowest BCUT2D eigenvalue weighted by Crippen LogP contribution is -2.59. The molecule has 41 heavy (non-hydrogen) atoms. The van der Waals surface area contributed by atoms with Crippen molar-refractivity contribution in [1.29, 1.82) is 0 Å². The van der Waals surface area contributed by atoms with Gasteiger partial charge in [-0.1, -0.05) is 13.8 Å². The van der Waals surface area contributed by atoms with Crippen LogP contribution >= 0.6 is 0 Å². The van der Waals surface area contributed by atoms with E-state index >= 15 is 0 Å². The van der Waals surface area contributed by atoms with Gasteiger partial charge >= 0.3 is 5.97 Å². The van der Waals surface area contributed by atoms with Crippen molar-refractivity contribution in [2.75, 3.05) is 61.5 Å². The fourth-order valence-electron chi connectivity index (χ4n) is 7.34. The molecule has 0 bridgehead atoms. The van der Waals surface area contributed by atoms with E-state index in [4.69, 9.17) is 18.9 Å². The van der Waals surface area contributed by atoms with Gasteiger partial charge in [-0.15, -0.1) is 0 Å². The van der Waals surface area contributed by atoms with Gasteiger partial charge in [-0.05, 0) is 93.5 Å². The van der Waals surface area contributed by atoms with E-state index in [9.17, 15) is 14.7 Å². The molecular formula is C31H57N3O7. The molecule has 0 aromatic heterocycles. The molecule has 1 N–H and O–H groups in total. The molecule has 3 rings (SSSR count). The Bertz CT molecular complexity index is 901. The van der Waals surface area contributed by atoms with Crippen molar-refractivity contribution < 1.29 is 33.6 Å². The van der Waals surface area contributed by atoms with Gasteiger partial charge in [0.15, 0.2) is 12.1 Å². The lowest BCUT2D eigenvalue weighted by molar-refractivity contribution is -0.295. The Kier molecular flexibility index (Phi) is 11.4. The summed E-state index contributed by atoms with van der Waals surface area (Å²) in [5.74, 6) is -1.00. The second-order valence-electron chi connectivity index (χ2n) is 14.1. The minimum Gasteiger partial charge on any atom is -0.463 e. The van der Waals surface area contributed by atoms with E-state index in [1.807, 2.05) is 32.8 Å². The van der Waals surface area contributed by atoms with Crippen LogP contribution in [0.2, 0.25) is 0 Å². The van der Waals surface area contributed by atoms with Crippen LogP contribution in [0.5, 0.6) is 0 Å². The monoisotopic (exact) mass is 583 g/mol. The molecular weight excluding hydrogens is 526 g/mol. The van der Waals surface area contributed by atoms with E-state index in [0.717, 1.165) is 26.1 Å². The van der Waals surface area contributed by atoms with Gasteiger partial charge in [0.1, 0.15) is 18.1 Å². The van der Waals surface area contributed by atoms with Gasteiger partial charge < -0.3 is 33.9 Å². The van der Waals surface area contributed by atoms with Gasteiger partial charge in [-0.2, -0.15) is 0 Å². The number of likely N-dealkylation sites (N-methyl/N-ethyl adjacent to an activating group) is 2. The van der Waals surface area contributed by atoms with Crippen LogP contribution in [0.1, 0.15) is 60.8 Å². The second-order valence-corrected chi connectivity index (χ2v) is 14.1. The second kappa shape index (κ2) is 13.7. The van der Waals surface area contributed by atoms with E-state index in [1.165, 1.54) is 0 Å². The number of carbonyl (C=O) groups is 2. The number of aliphatic hydroxyl groups is 1. The van der Waals surface area contributed by atoms with Crippen molar-refractivity contribution in [2.45, 2.75) is 103 Å². The van der Waals surface area contributed by atoms with Crippen molar-refractivity contribution in [2.24, 2.45) is 23.2 Å². The van der Waals surface area contributed by atoms with E-state index in [-0.39, 0.29) is 36.5 Å². The Morgan fingerprint density at radius 3 is 2.29 bits per heavy atom. The summed E-state index contributed by atoms with van der Waals surface area (Å²) < 4.78 is 24.9. The fourth-order valence-corrected chi connectivity index (χ4v) is 7.34. The number of likely N-dealkylation sites (tertiary alicyclic amines) is 1. The maximum absolute atomic E-state index is 14.1. The van der Waals surface area contributed by atoms with Gasteiger partial charge in [0, 0.05) is 38.2 Å². The summed E-state index contributed by atoms with van der Waals surface area (Å²) in [6.07, 6.45) is -0.482. The van der Waals surface area contributed by atoms with Gasteiger partial charge in [0.05, 0.1) is 17.8 Å². The smallest absolute Gasteiger partial charge is 0.319 e. The molecule has 0 amide bonds. The summed E-state index contributed by atoms with van der Waals surface area (Å²) in [5.41, 5.74) is -2.29. The molecule has 0 saturated carbocycles. The number of cyclic esters (lactones) is 1. The van der Waals surface area contributed by atoms with Crippen LogP contribution in [0.15, 0.2) is 0 Å². The largest absolute Gasteiger partial charge is 0.463 e. The molecule has 10 atom stereocenters. The summed E-state index contributed by atoms with van der Waals surface area (Å²) >= 11 is 0. The quantitative estimate of drug-likeness (QED) is 0.383. The first kappa shape index (κ1) is 34.4. The number of hydrogen-bond donors (Lipinski definition) is 1. The highest BCUT2D eigenvalue weighted by molar-refractivity contribution is 6.04. The van der Waals surface area contributed by atoms with Crippen molar-refractivity contribution in [3.63, 3.8) is 0 Å². The molecule has 0 unspecified atom stereocenters. The third-order valence-electron chi connectivity index (χ3n) is 9.90. The van der Waals surface area contributed by atoms with Crippen molar-refractivity contribution in [3.05, 3.63) is 0 Å². The molecule has 3 heterocycles. The van der Waals surface area contributed by atoms with Crippen LogP contribution < -0.4 is 0 Å². The average Bonchev–Trinajstić information content (AvgIpc) is 3.32. The van der Waals surface area contributed by atoms with Crippen LogP contribution in [-0.2, 0) is 28.5 Å². The number of esters is 1. The minimum atomic E-state index is -1.39. The summed E-state index contributed by atoms with van der Waals surface area (Å²) in [4.78, 5) is 34.2. The zero-order chi connectivity index (χ0) is 30.9. The molecule has 0 aromatic rings. The Labute approximate surface area is 248 Å². The standard InChI is InChI=1S/C31H57N3O7/c1-19-15-31(6,38-11)27(41-28-25(35)23(32(7)8)14-20(2)40-28)21(3)26(36)30(4,5)29(37)39-18-24(34(10)16-19)22-12-13-33(9)17-22/h19-25,27-28,35H,12-18H2,1-11H3/t19-,20-,21+,22-,23+,24-,25-,27-,28+,31-/m1/s1. The van der Waals surface area contributed by atoms with Crippen molar-refractivity contribution >= 4 is 11.8 Å². The number of rotatable bonds is 5. The van der Waals surface area contributed by atoms with E-state index in [2.05, 4.69) is 30.8 Å². The first-order valence-corrected chi connectivity index (χ1v) is 15.3. The van der Waals surface area contributed by atoms with Crippen LogP contribution in [0, 0.1) is 23.2 Å². The molecule has 0 aliphatic carbocycles. The fraction of sp³-hybridized carbons (Fsp3) is 0.935. The maximum Gasteiger partial charge on any atom is 0.319 e. The van der Waals surface area contributed by atoms with Gasteiger partial charge in [-0.3, -0.25) is 14.5 Å². The van der Waals surface area contributed by atoms with Gasteiger partial charge in [0.2, 0.25) is 0 Å². The summed E-state index contributed by atoms with van der Waals surface area (Å²) in [6.45, 7) is 14.1. The van der Waals surface area contributed by atoms with Crippen molar-refractivity contribution in [3.8, 4) is 0 Å². The highest BCUT2D eigenvalue weighted by Gasteiger charge is 2.51. The molecule has 3 aliphatic heterocycles. The average molecular weight is 584 g/mol. The molecule has 10 heteroatoms. The molecule has 0 aromatic carbocycles. The molecule has 3 saturated heterocycles. The lowest BCUT2D eigenvalue weighted by Gasteiger charge is -2.47. The summed E-state index contributed by atoms with van der Waals surface area (Å²) in [7, 11) is 9.71. The Morgan fingerprint density at radius 2 is 1.73 bits per heavy atom. The lowest BCUT2D eigenvalue weighted by atomic mass is 9.74. The molecule has 10 nitrogen and oxygen atoms in total. The van der Waals surface area contributed by atoms with Crippen LogP contribution in [-0.4, -0.2) is 135 Å². The maximum atomic E-state index is 14.1. The highest BCUT2D eigenvalue weighted by atomic mass is 16.7. The Hall–Kier alpha value is -1.14.